The third kappa shape index (κ3) is 5.18. The number of benzene rings is 2. The van der Waals surface area contributed by atoms with Gasteiger partial charge in [0.1, 0.15) is 5.75 Å². The molecule has 0 spiro atoms. The van der Waals surface area contributed by atoms with Gasteiger partial charge < -0.3 is 10.1 Å². The lowest BCUT2D eigenvalue weighted by molar-refractivity contribution is -0.118. The van der Waals surface area contributed by atoms with E-state index in [9.17, 15) is 13.2 Å². The van der Waals surface area contributed by atoms with Crippen molar-refractivity contribution >= 4 is 45.0 Å². The minimum absolute atomic E-state index is 0.111. The number of nitrogens with one attached hydrogen (secondary N) is 1. The highest BCUT2D eigenvalue weighted by Crippen LogP contribution is 2.45. The number of ether oxygens (including phenoxy) is 1. The van der Waals surface area contributed by atoms with Gasteiger partial charge in [0.05, 0.1) is 9.48 Å². The molecule has 5 nitrogen and oxygen atoms in total. The van der Waals surface area contributed by atoms with Gasteiger partial charge in [-0.1, -0.05) is 12.1 Å². The fraction of sp³-hybridized carbons (Fsp3) is 0.278. The van der Waals surface area contributed by atoms with Gasteiger partial charge in [-0.15, -0.1) is 23.5 Å². The lowest BCUT2D eigenvalue weighted by atomic mass is 10.2. The van der Waals surface area contributed by atoms with Crippen molar-refractivity contribution in [2.24, 2.45) is 0 Å². The number of carbonyl (C=O) groups is 1. The Balaban J connectivity index is 1.50. The largest absolute Gasteiger partial charge is 0.484 e. The number of rotatable bonds is 6. The van der Waals surface area contributed by atoms with Gasteiger partial charge in [0.25, 0.3) is 5.91 Å². The summed E-state index contributed by atoms with van der Waals surface area (Å²) in [5, 5.41) is 2.68. The second-order valence-corrected chi connectivity index (χ2v) is 10.5. The van der Waals surface area contributed by atoms with Crippen molar-refractivity contribution in [2.45, 2.75) is 9.48 Å². The zero-order valence-corrected chi connectivity index (χ0v) is 16.6. The SMILES string of the molecule is CS(=O)(=O)c1ccc(NC(=O)COc2ccc(C3SCCS3)cc2)cc1. The Labute approximate surface area is 161 Å². The molecule has 0 bridgehead atoms. The molecule has 2 aromatic rings. The van der Waals surface area contributed by atoms with Crippen LogP contribution in [0.2, 0.25) is 0 Å². The van der Waals surface area contributed by atoms with Crippen LogP contribution in [0, 0.1) is 0 Å². The lowest BCUT2D eigenvalue weighted by Crippen LogP contribution is -2.20. The van der Waals surface area contributed by atoms with Crippen LogP contribution in [-0.2, 0) is 14.6 Å². The summed E-state index contributed by atoms with van der Waals surface area (Å²) in [7, 11) is -3.24. The zero-order valence-electron chi connectivity index (χ0n) is 14.2. The number of hydrogen-bond donors (Lipinski definition) is 1. The quantitative estimate of drug-likeness (QED) is 0.786. The summed E-state index contributed by atoms with van der Waals surface area (Å²) in [5.74, 6) is 2.70. The third-order valence-electron chi connectivity index (χ3n) is 3.71. The minimum atomic E-state index is -3.24. The van der Waals surface area contributed by atoms with E-state index >= 15 is 0 Å². The van der Waals surface area contributed by atoms with Crippen molar-refractivity contribution in [3.63, 3.8) is 0 Å². The molecule has 26 heavy (non-hydrogen) atoms. The summed E-state index contributed by atoms with van der Waals surface area (Å²) in [5.41, 5.74) is 1.79. The zero-order chi connectivity index (χ0) is 18.6. The van der Waals surface area contributed by atoms with E-state index in [0.717, 1.165) is 6.26 Å². The average molecular weight is 410 g/mol. The molecule has 1 aliphatic rings. The van der Waals surface area contributed by atoms with Crippen molar-refractivity contribution in [3.05, 3.63) is 54.1 Å². The standard InChI is InChI=1S/C18H19NO4S3/c1-26(21,22)16-8-4-14(5-9-16)19-17(20)12-23-15-6-2-13(3-7-15)18-24-10-11-25-18/h2-9,18H,10-12H2,1H3,(H,19,20). The molecule has 1 aliphatic heterocycles. The Bertz CT molecular complexity index is 858. The molecule has 1 fully saturated rings. The maximum atomic E-state index is 12.0. The fourth-order valence-corrected chi connectivity index (χ4v) is 5.89. The van der Waals surface area contributed by atoms with E-state index in [1.54, 1.807) is 12.1 Å². The number of amides is 1. The second-order valence-electron chi connectivity index (χ2n) is 5.78. The highest BCUT2D eigenvalue weighted by molar-refractivity contribution is 8.19. The van der Waals surface area contributed by atoms with Gasteiger partial charge in [0.2, 0.25) is 0 Å². The molecule has 1 amide bonds. The molecule has 1 heterocycles. The first kappa shape index (κ1) is 19.1. The van der Waals surface area contributed by atoms with Gasteiger partial charge in [-0.05, 0) is 42.0 Å². The first-order valence-corrected chi connectivity index (χ1v) is 12.0. The van der Waals surface area contributed by atoms with Gasteiger partial charge in [0, 0.05) is 23.4 Å². The van der Waals surface area contributed by atoms with Crippen LogP contribution in [0.25, 0.3) is 0 Å². The molecular weight excluding hydrogens is 390 g/mol. The van der Waals surface area contributed by atoms with Gasteiger partial charge in [-0.25, -0.2) is 8.42 Å². The second kappa shape index (κ2) is 8.37. The molecule has 0 radical (unpaired) electrons. The van der Waals surface area contributed by atoms with Gasteiger partial charge >= 0.3 is 0 Å². The van der Waals surface area contributed by atoms with E-state index in [4.69, 9.17) is 4.74 Å². The van der Waals surface area contributed by atoms with E-state index in [1.807, 2.05) is 47.8 Å². The number of sulfone groups is 1. The van der Waals surface area contributed by atoms with Gasteiger partial charge in [0.15, 0.2) is 16.4 Å². The van der Waals surface area contributed by atoms with E-state index in [0.29, 0.717) is 16.0 Å². The molecule has 0 atom stereocenters. The Hall–Kier alpha value is -1.64. The van der Waals surface area contributed by atoms with Crippen LogP contribution >= 0.6 is 23.5 Å². The molecule has 138 valence electrons. The molecule has 1 N–H and O–H groups in total. The molecular formula is C18H19NO4S3. The highest BCUT2D eigenvalue weighted by Gasteiger charge is 2.18. The Morgan fingerprint density at radius 1 is 1.08 bits per heavy atom. The van der Waals surface area contributed by atoms with Crippen LogP contribution in [-0.4, -0.2) is 38.7 Å². The van der Waals surface area contributed by atoms with E-state index in [2.05, 4.69) is 5.32 Å². The Morgan fingerprint density at radius 3 is 2.27 bits per heavy atom. The number of anilines is 1. The third-order valence-corrected chi connectivity index (χ3v) is 7.94. The molecule has 0 aromatic heterocycles. The summed E-state index contributed by atoms with van der Waals surface area (Å²) in [4.78, 5) is 12.2. The normalized spacial score (nSPS) is 15.0. The maximum Gasteiger partial charge on any atom is 0.262 e. The fourth-order valence-electron chi connectivity index (χ4n) is 2.40. The van der Waals surface area contributed by atoms with Crippen LogP contribution in [0.5, 0.6) is 5.75 Å². The van der Waals surface area contributed by atoms with Crippen LogP contribution in [0.15, 0.2) is 53.4 Å². The van der Waals surface area contributed by atoms with Crippen LogP contribution in [0.3, 0.4) is 0 Å². The molecule has 1 saturated heterocycles. The monoisotopic (exact) mass is 409 g/mol. The Kier molecular flexibility index (Phi) is 6.16. The summed E-state index contributed by atoms with van der Waals surface area (Å²) < 4.78 is 28.8. The first-order chi connectivity index (χ1) is 12.4. The van der Waals surface area contributed by atoms with Crippen LogP contribution < -0.4 is 10.1 Å². The number of carbonyl (C=O) groups excluding carboxylic acids is 1. The molecule has 2 aromatic carbocycles. The summed E-state index contributed by atoms with van der Waals surface area (Å²) in [6.07, 6.45) is 1.14. The van der Waals surface area contributed by atoms with Crippen molar-refractivity contribution in [3.8, 4) is 5.75 Å². The summed E-state index contributed by atoms with van der Waals surface area (Å²) in [6, 6.07) is 13.9. The molecule has 0 aliphatic carbocycles. The number of thioether (sulfide) groups is 2. The van der Waals surface area contributed by atoms with Gasteiger partial charge in [-0.2, -0.15) is 0 Å². The van der Waals surface area contributed by atoms with Crippen molar-refractivity contribution in [1.82, 2.24) is 0 Å². The average Bonchev–Trinajstić information content (AvgIpc) is 3.15. The first-order valence-electron chi connectivity index (χ1n) is 7.98. The molecule has 0 unspecified atom stereocenters. The minimum Gasteiger partial charge on any atom is -0.484 e. The predicted octanol–water partition coefficient (Wildman–Crippen LogP) is 3.59. The smallest absolute Gasteiger partial charge is 0.262 e. The lowest BCUT2D eigenvalue weighted by Gasteiger charge is -2.11. The summed E-state index contributed by atoms with van der Waals surface area (Å²) in [6.45, 7) is -0.111. The van der Waals surface area contributed by atoms with Crippen molar-refractivity contribution < 1.29 is 17.9 Å². The van der Waals surface area contributed by atoms with Crippen molar-refractivity contribution in [1.29, 1.82) is 0 Å². The number of hydrogen-bond acceptors (Lipinski definition) is 6. The maximum absolute atomic E-state index is 12.0. The molecule has 8 heteroatoms. The van der Waals surface area contributed by atoms with Gasteiger partial charge in [-0.3, -0.25) is 4.79 Å². The van der Waals surface area contributed by atoms with E-state index in [1.165, 1.54) is 29.2 Å². The van der Waals surface area contributed by atoms with Crippen LogP contribution in [0.4, 0.5) is 5.69 Å². The Morgan fingerprint density at radius 2 is 1.69 bits per heavy atom. The summed E-state index contributed by atoms with van der Waals surface area (Å²) >= 11 is 3.89. The highest BCUT2D eigenvalue weighted by atomic mass is 32.2. The molecule has 3 rings (SSSR count). The van der Waals surface area contributed by atoms with E-state index < -0.39 is 9.84 Å². The molecule has 0 saturated carbocycles. The topological polar surface area (TPSA) is 72.5 Å². The van der Waals surface area contributed by atoms with Crippen molar-refractivity contribution in [2.75, 3.05) is 29.7 Å². The van der Waals surface area contributed by atoms with Crippen LogP contribution in [0.1, 0.15) is 10.1 Å². The van der Waals surface area contributed by atoms with E-state index in [-0.39, 0.29) is 17.4 Å². The predicted molar refractivity (Wildman–Crippen MR) is 108 cm³/mol.